The van der Waals surface area contributed by atoms with E-state index in [-0.39, 0.29) is 10.9 Å². The Balaban J connectivity index is 1.56. The van der Waals surface area contributed by atoms with E-state index in [1.807, 2.05) is 0 Å². The molecule has 0 spiro atoms. The van der Waals surface area contributed by atoms with E-state index in [9.17, 15) is 41.0 Å². The van der Waals surface area contributed by atoms with Gasteiger partial charge in [0, 0.05) is 65.5 Å². The Labute approximate surface area is 253 Å². The van der Waals surface area contributed by atoms with Gasteiger partial charge in [-0.15, -0.1) is 0 Å². The van der Waals surface area contributed by atoms with Gasteiger partial charge in [0.2, 0.25) is 0 Å². The summed E-state index contributed by atoms with van der Waals surface area (Å²) in [7, 11) is 0. The number of amides is 1. The van der Waals surface area contributed by atoms with E-state index in [1.165, 1.54) is 23.2 Å². The largest absolute Gasteiger partial charge is 0.418 e. The van der Waals surface area contributed by atoms with Gasteiger partial charge < -0.3 is 30.1 Å². The van der Waals surface area contributed by atoms with Crippen molar-refractivity contribution in [3.63, 3.8) is 0 Å². The number of rotatable bonds is 9. The van der Waals surface area contributed by atoms with Gasteiger partial charge in [0.1, 0.15) is 0 Å². The highest BCUT2D eigenvalue weighted by Crippen LogP contribution is 2.48. The number of likely N-dealkylation sites (tertiary alicyclic amines) is 1. The lowest BCUT2D eigenvalue weighted by Gasteiger charge is -2.33. The third-order valence-electron chi connectivity index (χ3n) is 7.18. The van der Waals surface area contributed by atoms with Gasteiger partial charge in [-0.1, -0.05) is 17.8 Å². The average Bonchev–Trinajstić information content (AvgIpc) is 2.99. The standard InChI is InChI=1S/C29H31F6N3O5S/c30-28(31,32)25-21(22(40)8-9-37-12-14-43-15-13-37)4-5-24(26(25)29(33,34)35)44-20-3-1-2-19(16-20)36-18-6-10-38(11-7-18)27(42)23(41)17-39/h1-5,8-9,16,18,23,36,39,41H,6-7,10-15,17H2. The number of benzene rings is 2. The SMILES string of the molecule is O=C(C=CN1CCOCC1)c1ccc(Sc2cccc(NC3CCN(C(=O)C(O)CO)CC3)c2)c(C(F)(F)F)c1C(F)(F)F. The third-order valence-corrected chi connectivity index (χ3v) is 8.23. The van der Waals surface area contributed by atoms with Crippen molar-refractivity contribution in [2.75, 3.05) is 51.3 Å². The van der Waals surface area contributed by atoms with Crippen LogP contribution >= 0.6 is 11.8 Å². The molecule has 1 amide bonds. The molecule has 0 aliphatic carbocycles. The zero-order chi connectivity index (χ0) is 32.1. The summed E-state index contributed by atoms with van der Waals surface area (Å²) in [5.41, 5.74) is -4.54. The molecule has 1 atom stereocenters. The van der Waals surface area contributed by atoms with Crippen LogP contribution in [-0.4, -0.2) is 89.8 Å². The minimum absolute atomic E-state index is 0.121. The summed E-state index contributed by atoms with van der Waals surface area (Å²) in [5, 5.41) is 21.8. The van der Waals surface area contributed by atoms with Crippen LogP contribution in [0.4, 0.5) is 32.0 Å². The minimum atomic E-state index is -5.47. The highest BCUT2D eigenvalue weighted by Gasteiger charge is 2.47. The molecule has 2 aliphatic heterocycles. The van der Waals surface area contributed by atoms with E-state index in [0.717, 1.165) is 18.2 Å². The molecule has 0 aromatic heterocycles. The molecule has 0 radical (unpaired) electrons. The maximum atomic E-state index is 14.3. The predicted octanol–water partition coefficient (Wildman–Crippen LogP) is 4.66. The minimum Gasteiger partial charge on any atom is -0.393 e. The van der Waals surface area contributed by atoms with E-state index in [1.54, 1.807) is 17.0 Å². The van der Waals surface area contributed by atoms with Gasteiger partial charge in [-0.3, -0.25) is 9.59 Å². The molecule has 0 bridgehead atoms. The molecule has 1 unspecified atom stereocenters. The number of aliphatic hydroxyl groups excluding tert-OH is 2. The fourth-order valence-corrected chi connectivity index (χ4v) is 6.03. The van der Waals surface area contributed by atoms with Gasteiger partial charge in [-0.05, 0) is 43.2 Å². The Morgan fingerprint density at radius 3 is 2.27 bits per heavy atom. The summed E-state index contributed by atoms with van der Waals surface area (Å²) >= 11 is 0.498. The molecule has 240 valence electrons. The van der Waals surface area contributed by atoms with Gasteiger partial charge >= 0.3 is 12.4 Å². The van der Waals surface area contributed by atoms with E-state index < -0.39 is 58.3 Å². The number of carbonyl (C=O) groups excluding carboxylic acids is 2. The molecular formula is C29H31F6N3O5S. The van der Waals surface area contributed by atoms with Crippen LogP contribution in [0.25, 0.3) is 0 Å². The monoisotopic (exact) mass is 647 g/mol. The molecule has 2 saturated heterocycles. The van der Waals surface area contributed by atoms with E-state index >= 15 is 0 Å². The molecule has 2 heterocycles. The van der Waals surface area contributed by atoms with Crippen LogP contribution in [0.3, 0.4) is 0 Å². The second-order valence-electron chi connectivity index (χ2n) is 10.3. The Morgan fingerprint density at radius 2 is 1.66 bits per heavy atom. The first-order valence-electron chi connectivity index (χ1n) is 13.8. The maximum absolute atomic E-state index is 14.3. The molecule has 4 rings (SSSR count). The summed E-state index contributed by atoms with van der Waals surface area (Å²) in [6, 6.07) is 7.71. The van der Waals surface area contributed by atoms with Crippen LogP contribution in [0.5, 0.6) is 0 Å². The Bertz CT molecular complexity index is 1360. The molecule has 0 saturated carbocycles. The van der Waals surface area contributed by atoms with E-state index in [4.69, 9.17) is 9.84 Å². The number of piperidine rings is 1. The Morgan fingerprint density at radius 1 is 1.00 bits per heavy atom. The number of carbonyl (C=O) groups is 2. The number of ether oxygens (including phenoxy) is 1. The van der Waals surface area contributed by atoms with Gasteiger partial charge in [0.15, 0.2) is 11.9 Å². The molecule has 3 N–H and O–H groups in total. The van der Waals surface area contributed by atoms with Gasteiger partial charge in [0.05, 0.1) is 30.9 Å². The van der Waals surface area contributed by atoms with Crippen LogP contribution in [0, 0.1) is 0 Å². The second kappa shape index (κ2) is 14.2. The molecule has 15 heteroatoms. The summed E-state index contributed by atoms with van der Waals surface area (Å²) in [5.74, 6) is -1.78. The second-order valence-corrected chi connectivity index (χ2v) is 11.4. The first-order valence-corrected chi connectivity index (χ1v) is 14.6. The van der Waals surface area contributed by atoms with Crippen LogP contribution in [-0.2, 0) is 21.9 Å². The molecule has 2 aliphatic rings. The van der Waals surface area contributed by atoms with E-state index in [2.05, 4.69) is 5.32 Å². The van der Waals surface area contributed by atoms with Crippen molar-refractivity contribution >= 4 is 29.1 Å². The number of aliphatic hydroxyl groups is 2. The normalized spacial score (nSPS) is 17.6. The molecule has 2 fully saturated rings. The third kappa shape index (κ3) is 8.46. The summed E-state index contributed by atoms with van der Waals surface area (Å²) in [6.07, 6.45) is -9.29. The number of anilines is 1. The average molecular weight is 648 g/mol. The van der Waals surface area contributed by atoms with Crippen molar-refractivity contribution in [1.82, 2.24) is 9.80 Å². The van der Waals surface area contributed by atoms with Crippen LogP contribution in [0.1, 0.15) is 34.3 Å². The van der Waals surface area contributed by atoms with Crippen molar-refractivity contribution in [3.8, 4) is 0 Å². The Kier molecular flexibility index (Phi) is 10.9. The zero-order valence-electron chi connectivity index (χ0n) is 23.3. The smallest absolute Gasteiger partial charge is 0.393 e. The number of hydrogen-bond acceptors (Lipinski definition) is 8. The number of allylic oxidation sites excluding steroid dienone is 1. The maximum Gasteiger partial charge on any atom is 0.418 e. The number of nitrogens with one attached hydrogen (secondary N) is 1. The van der Waals surface area contributed by atoms with Crippen molar-refractivity contribution in [2.45, 2.75) is 47.1 Å². The van der Waals surface area contributed by atoms with Gasteiger partial charge in [0.25, 0.3) is 5.91 Å². The number of ketones is 1. The lowest BCUT2D eigenvalue weighted by molar-refractivity contribution is -0.163. The summed E-state index contributed by atoms with van der Waals surface area (Å²) in [4.78, 5) is 27.4. The molecule has 8 nitrogen and oxygen atoms in total. The number of halogens is 6. The lowest BCUT2D eigenvalue weighted by Crippen LogP contribution is -2.47. The number of morpholine rings is 1. The van der Waals surface area contributed by atoms with Crippen molar-refractivity contribution < 1.29 is 50.9 Å². The lowest BCUT2D eigenvalue weighted by atomic mass is 9.96. The Hall–Kier alpha value is -3.27. The molecule has 44 heavy (non-hydrogen) atoms. The van der Waals surface area contributed by atoms with Crippen LogP contribution in [0.15, 0.2) is 58.5 Å². The number of hydrogen-bond donors (Lipinski definition) is 3. The van der Waals surface area contributed by atoms with Gasteiger partial charge in [-0.25, -0.2) is 0 Å². The van der Waals surface area contributed by atoms with E-state index in [0.29, 0.717) is 69.7 Å². The zero-order valence-corrected chi connectivity index (χ0v) is 24.1. The fourth-order valence-electron chi connectivity index (χ4n) is 4.98. The highest BCUT2D eigenvalue weighted by molar-refractivity contribution is 7.99. The first-order chi connectivity index (χ1) is 20.8. The van der Waals surface area contributed by atoms with Crippen LogP contribution in [0.2, 0.25) is 0 Å². The topological polar surface area (TPSA) is 102 Å². The summed E-state index contributed by atoms with van der Waals surface area (Å²) < 4.78 is 90.6. The predicted molar refractivity (Wildman–Crippen MR) is 149 cm³/mol. The summed E-state index contributed by atoms with van der Waals surface area (Å²) in [6.45, 7) is 1.41. The first kappa shape index (κ1) is 33.6. The quantitative estimate of drug-likeness (QED) is 0.205. The van der Waals surface area contributed by atoms with Crippen molar-refractivity contribution in [2.24, 2.45) is 0 Å². The number of nitrogens with zero attached hydrogens (tertiary/aromatic N) is 2. The van der Waals surface area contributed by atoms with Crippen molar-refractivity contribution in [1.29, 1.82) is 0 Å². The molecule has 2 aromatic carbocycles. The van der Waals surface area contributed by atoms with Gasteiger partial charge in [-0.2, -0.15) is 26.3 Å². The number of alkyl halides is 6. The van der Waals surface area contributed by atoms with Crippen molar-refractivity contribution in [3.05, 3.63) is 65.4 Å². The highest BCUT2D eigenvalue weighted by atomic mass is 32.2. The molecule has 2 aromatic rings. The molecular weight excluding hydrogens is 616 g/mol. The fraction of sp³-hybridized carbons (Fsp3) is 0.448. The van der Waals surface area contributed by atoms with Crippen LogP contribution < -0.4 is 5.32 Å².